The second-order valence-corrected chi connectivity index (χ2v) is 5.40. The summed E-state index contributed by atoms with van der Waals surface area (Å²) >= 11 is 13.2. The van der Waals surface area contributed by atoms with Gasteiger partial charge in [-0.1, -0.05) is 17.7 Å². The molecule has 98 valence electrons. The lowest BCUT2D eigenvalue weighted by atomic mass is 10.2. The Labute approximate surface area is 128 Å². The maximum Gasteiger partial charge on any atom is 0.255 e. The molecule has 0 aliphatic rings. The van der Waals surface area contributed by atoms with Crippen LogP contribution in [0.5, 0.6) is 0 Å². The van der Waals surface area contributed by atoms with Crippen molar-refractivity contribution in [1.82, 2.24) is 0 Å². The van der Waals surface area contributed by atoms with Gasteiger partial charge in [-0.15, -0.1) is 12.6 Å². The van der Waals surface area contributed by atoms with Gasteiger partial charge in [0, 0.05) is 10.5 Å². The van der Waals surface area contributed by atoms with Gasteiger partial charge in [0.05, 0.1) is 15.2 Å². The summed E-state index contributed by atoms with van der Waals surface area (Å²) in [6.07, 6.45) is 0. The molecule has 0 bridgehead atoms. The minimum Gasteiger partial charge on any atom is -0.321 e. The van der Waals surface area contributed by atoms with Crippen LogP contribution in [0.15, 0.2) is 45.8 Å². The molecular formula is C13H8BrClFNOS. The van der Waals surface area contributed by atoms with Gasteiger partial charge in [0.25, 0.3) is 5.91 Å². The summed E-state index contributed by atoms with van der Waals surface area (Å²) in [6, 6.07) is 9.08. The number of carbonyl (C=O) groups is 1. The van der Waals surface area contributed by atoms with Crippen molar-refractivity contribution in [2.24, 2.45) is 0 Å². The van der Waals surface area contributed by atoms with E-state index in [9.17, 15) is 9.18 Å². The largest absolute Gasteiger partial charge is 0.321 e. The number of benzene rings is 2. The molecule has 0 saturated carbocycles. The molecule has 19 heavy (non-hydrogen) atoms. The van der Waals surface area contributed by atoms with Crippen molar-refractivity contribution in [3.05, 3.63) is 57.3 Å². The maximum atomic E-state index is 13.1. The fourth-order valence-corrected chi connectivity index (χ4v) is 2.20. The number of rotatable bonds is 2. The fraction of sp³-hybridized carbons (Fsp3) is 0. The minimum absolute atomic E-state index is 0.123. The first-order chi connectivity index (χ1) is 8.99. The first kappa shape index (κ1) is 14.4. The summed E-state index contributed by atoms with van der Waals surface area (Å²) in [6.45, 7) is 0. The molecule has 6 heteroatoms. The number of anilines is 1. The van der Waals surface area contributed by atoms with Crippen molar-refractivity contribution in [1.29, 1.82) is 0 Å². The highest BCUT2D eigenvalue weighted by molar-refractivity contribution is 9.10. The lowest BCUT2D eigenvalue weighted by Crippen LogP contribution is -2.12. The third-order valence-corrected chi connectivity index (χ3v) is 4.15. The van der Waals surface area contributed by atoms with Crippen LogP contribution in [0.1, 0.15) is 10.4 Å². The predicted molar refractivity (Wildman–Crippen MR) is 80.8 cm³/mol. The van der Waals surface area contributed by atoms with Crippen LogP contribution in [0.25, 0.3) is 0 Å². The van der Waals surface area contributed by atoms with Crippen molar-refractivity contribution < 1.29 is 9.18 Å². The molecule has 1 N–H and O–H groups in total. The van der Waals surface area contributed by atoms with E-state index in [1.165, 1.54) is 18.2 Å². The molecular weight excluding hydrogens is 353 g/mol. The van der Waals surface area contributed by atoms with E-state index in [0.29, 0.717) is 20.7 Å². The van der Waals surface area contributed by atoms with E-state index in [0.717, 1.165) is 0 Å². The molecule has 0 aliphatic carbocycles. The molecule has 0 aliphatic heterocycles. The van der Waals surface area contributed by atoms with E-state index >= 15 is 0 Å². The zero-order valence-corrected chi connectivity index (χ0v) is 12.7. The molecule has 0 aromatic heterocycles. The Morgan fingerprint density at radius 3 is 2.74 bits per heavy atom. The second-order valence-electron chi connectivity index (χ2n) is 3.72. The van der Waals surface area contributed by atoms with Gasteiger partial charge in [0.2, 0.25) is 0 Å². The SMILES string of the molecule is O=C(Nc1cccc(Cl)c1Br)c1ccc(F)c(S)c1. The van der Waals surface area contributed by atoms with E-state index in [4.69, 9.17) is 11.6 Å². The van der Waals surface area contributed by atoms with Crippen LogP contribution in [0.4, 0.5) is 10.1 Å². The van der Waals surface area contributed by atoms with Crippen LogP contribution < -0.4 is 5.32 Å². The standard InChI is InChI=1S/C13H8BrClFNOS/c14-12-8(15)2-1-3-10(12)17-13(18)7-4-5-9(16)11(19)6-7/h1-6,19H,(H,17,18). The zero-order valence-electron chi connectivity index (χ0n) is 9.45. The molecule has 2 aromatic rings. The highest BCUT2D eigenvalue weighted by Gasteiger charge is 2.11. The molecule has 0 spiro atoms. The van der Waals surface area contributed by atoms with E-state index in [-0.39, 0.29) is 10.8 Å². The second kappa shape index (κ2) is 5.94. The summed E-state index contributed by atoms with van der Waals surface area (Å²) in [7, 11) is 0. The van der Waals surface area contributed by atoms with Crippen LogP contribution in [0.3, 0.4) is 0 Å². The molecule has 0 heterocycles. The summed E-state index contributed by atoms with van der Waals surface area (Å²) in [4.78, 5) is 12.1. The van der Waals surface area contributed by atoms with Gasteiger partial charge in [0.1, 0.15) is 5.82 Å². The number of hydrogen-bond donors (Lipinski definition) is 2. The average Bonchev–Trinajstić information content (AvgIpc) is 2.38. The van der Waals surface area contributed by atoms with Gasteiger partial charge in [-0.3, -0.25) is 4.79 Å². The lowest BCUT2D eigenvalue weighted by Gasteiger charge is -2.09. The first-order valence-electron chi connectivity index (χ1n) is 5.23. The quantitative estimate of drug-likeness (QED) is 0.741. The third kappa shape index (κ3) is 3.29. The molecule has 2 aromatic carbocycles. The Balaban J connectivity index is 2.26. The Bertz CT molecular complexity index is 651. The summed E-state index contributed by atoms with van der Waals surface area (Å²) in [5.41, 5.74) is 0.862. The number of halogens is 3. The van der Waals surface area contributed by atoms with Gasteiger partial charge in [0.15, 0.2) is 0 Å². The number of thiol groups is 1. The fourth-order valence-electron chi connectivity index (χ4n) is 1.45. The van der Waals surface area contributed by atoms with Crippen molar-refractivity contribution in [3.63, 3.8) is 0 Å². The van der Waals surface area contributed by atoms with E-state index in [1.54, 1.807) is 18.2 Å². The lowest BCUT2D eigenvalue weighted by molar-refractivity contribution is 0.102. The van der Waals surface area contributed by atoms with Crippen LogP contribution in [-0.2, 0) is 0 Å². The zero-order chi connectivity index (χ0) is 14.0. The first-order valence-corrected chi connectivity index (χ1v) is 6.84. The van der Waals surface area contributed by atoms with Crippen LogP contribution in [0, 0.1) is 5.82 Å². The average molecular weight is 361 g/mol. The normalized spacial score (nSPS) is 10.3. The van der Waals surface area contributed by atoms with Crippen LogP contribution >= 0.6 is 40.2 Å². The monoisotopic (exact) mass is 359 g/mol. The highest BCUT2D eigenvalue weighted by Crippen LogP contribution is 2.30. The number of hydrogen-bond acceptors (Lipinski definition) is 2. The van der Waals surface area contributed by atoms with Crippen LogP contribution in [-0.4, -0.2) is 5.91 Å². The summed E-state index contributed by atoms with van der Waals surface area (Å²) in [5.74, 6) is -0.831. The number of carbonyl (C=O) groups excluding carboxylic acids is 1. The van der Waals surface area contributed by atoms with Gasteiger partial charge < -0.3 is 5.32 Å². The van der Waals surface area contributed by atoms with Gasteiger partial charge in [-0.25, -0.2) is 4.39 Å². The molecule has 2 rings (SSSR count). The predicted octanol–water partition coefficient (Wildman–Crippen LogP) is 4.78. The van der Waals surface area contributed by atoms with Crippen molar-refractivity contribution in [3.8, 4) is 0 Å². The van der Waals surface area contributed by atoms with E-state index < -0.39 is 5.82 Å². The smallest absolute Gasteiger partial charge is 0.255 e. The van der Waals surface area contributed by atoms with Gasteiger partial charge in [-0.2, -0.15) is 0 Å². The Morgan fingerprint density at radius 2 is 2.05 bits per heavy atom. The van der Waals surface area contributed by atoms with Crippen molar-refractivity contribution in [2.75, 3.05) is 5.32 Å². The molecule has 0 saturated heterocycles. The Morgan fingerprint density at radius 1 is 1.32 bits per heavy atom. The summed E-state index contributed by atoms with van der Waals surface area (Å²) in [5, 5.41) is 3.18. The molecule has 0 fully saturated rings. The highest BCUT2D eigenvalue weighted by atomic mass is 79.9. The van der Waals surface area contributed by atoms with E-state index in [2.05, 4.69) is 33.9 Å². The summed E-state index contributed by atoms with van der Waals surface area (Å²) < 4.78 is 13.7. The van der Waals surface area contributed by atoms with E-state index in [1.807, 2.05) is 0 Å². The number of nitrogens with one attached hydrogen (secondary N) is 1. The molecule has 0 atom stereocenters. The van der Waals surface area contributed by atoms with Crippen molar-refractivity contribution in [2.45, 2.75) is 4.90 Å². The Kier molecular flexibility index (Phi) is 4.50. The topological polar surface area (TPSA) is 29.1 Å². The van der Waals surface area contributed by atoms with Gasteiger partial charge in [-0.05, 0) is 46.3 Å². The minimum atomic E-state index is -0.469. The molecule has 0 radical (unpaired) electrons. The van der Waals surface area contributed by atoms with Crippen LogP contribution in [0.2, 0.25) is 5.02 Å². The maximum absolute atomic E-state index is 13.1. The molecule has 2 nitrogen and oxygen atoms in total. The van der Waals surface area contributed by atoms with Crippen molar-refractivity contribution >= 4 is 51.8 Å². The number of amides is 1. The Hall–Kier alpha value is -1.04. The third-order valence-electron chi connectivity index (χ3n) is 2.41. The molecule has 0 unspecified atom stereocenters. The molecule has 1 amide bonds. The van der Waals surface area contributed by atoms with Gasteiger partial charge >= 0.3 is 0 Å².